The molecule has 1 atom stereocenters. The molecule has 0 heterocycles. The van der Waals surface area contributed by atoms with E-state index in [4.69, 9.17) is 14.2 Å². The summed E-state index contributed by atoms with van der Waals surface area (Å²) < 4.78 is 18.2. The maximum atomic E-state index is 9.23. The monoisotopic (exact) mass is 426 g/mol. The van der Waals surface area contributed by atoms with E-state index in [2.05, 4.69) is 41.5 Å². The standard InChI is InChI=1S/C26H50O4/c1-19(2)28-17-16-25(4,5)30-24-14-10-22(11-15-24)26(6,7)21-8-12-23(13-9-21)29-20(3)18-27/h19-24,27H,8-18H2,1-7H3. The van der Waals surface area contributed by atoms with E-state index in [1.807, 2.05) is 6.92 Å². The first kappa shape index (κ1) is 26.1. The lowest BCUT2D eigenvalue weighted by Crippen LogP contribution is -2.41. The summed E-state index contributed by atoms with van der Waals surface area (Å²) in [4.78, 5) is 0. The molecule has 2 aliphatic rings. The van der Waals surface area contributed by atoms with E-state index >= 15 is 0 Å². The van der Waals surface area contributed by atoms with Gasteiger partial charge in [0.05, 0.1) is 36.6 Å². The van der Waals surface area contributed by atoms with Crippen LogP contribution in [0.1, 0.15) is 106 Å². The van der Waals surface area contributed by atoms with Gasteiger partial charge in [0.25, 0.3) is 0 Å². The van der Waals surface area contributed by atoms with Gasteiger partial charge in [0, 0.05) is 6.61 Å². The Balaban J connectivity index is 1.75. The van der Waals surface area contributed by atoms with Crippen LogP contribution in [0, 0.1) is 17.3 Å². The summed E-state index contributed by atoms with van der Waals surface area (Å²) >= 11 is 0. The molecule has 1 unspecified atom stereocenters. The van der Waals surface area contributed by atoms with Crippen molar-refractivity contribution in [2.75, 3.05) is 13.2 Å². The van der Waals surface area contributed by atoms with Crippen molar-refractivity contribution in [1.29, 1.82) is 0 Å². The topological polar surface area (TPSA) is 47.9 Å². The molecule has 2 fully saturated rings. The molecule has 4 nitrogen and oxygen atoms in total. The molecule has 4 heteroatoms. The van der Waals surface area contributed by atoms with Crippen LogP contribution in [0.3, 0.4) is 0 Å². The largest absolute Gasteiger partial charge is 0.394 e. The first-order chi connectivity index (χ1) is 14.0. The summed E-state index contributed by atoms with van der Waals surface area (Å²) in [7, 11) is 0. The predicted molar refractivity (Wildman–Crippen MR) is 124 cm³/mol. The molecule has 178 valence electrons. The molecule has 0 aromatic carbocycles. The van der Waals surface area contributed by atoms with Gasteiger partial charge in [0.1, 0.15) is 0 Å². The molecule has 0 spiro atoms. The molecular weight excluding hydrogens is 376 g/mol. The van der Waals surface area contributed by atoms with Crippen LogP contribution in [0.4, 0.5) is 0 Å². The molecule has 0 aliphatic heterocycles. The highest BCUT2D eigenvalue weighted by atomic mass is 16.5. The number of rotatable bonds is 11. The molecule has 0 aromatic rings. The second-order valence-corrected chi connectivity index (χ2v) is 11.4. The van der Waals surface area contributed by atoms with Crippen LogP contribution in [0.2, 0.25) is 0 Å². The van der Waals surface area contributed by atoms with E-state index in [9.17, 15) is 5.11 Å². The van der Waals surface area contributed by atoms with Crippen molar-refractivity contribution in [2.24, 2.45) is 17.3 Å². The maximum absolute atomic E-state index is 9.23. The summed E-state index contributed by atoms with van der Waals surface area (Å²) in [6.45, 7) is 16.5. The summed E-state index contributed by atoms with van der Waals surface area (Å²) in [6, 6.07) is 0. The SMILES string of the molecule is CC(C)OCCC(C)(C)OC1CCC(C(C)(C)C2CCC(OC(C)CO)CC2)CC1. The summed E-state index contributed by atoms with van der Waals surface area (Å²) in [5, 5.41) is 9.23. The van der Waals surface area contributed by atoms with Crippen molar-refractivity contribution in [3.63, 3.8) is 0 Å². The smallest absolute Gasteiger partial charge is 0.0781 e. The van der Waals surface area contributed by atoms with E-state index in [0.717, 1.165) is 37.7 Å². The number of hydrogen-bond acceptors (Lipinski definition) is 4. The third kappa shape index (κ3) is 8.07. The minimum atomic E-state index is -0.105. The second-order valence-electron chi connectivity index (χ2n) is 11.4. The lowest BCUT2D eigenvalue weighted by molar-refractivity contribution is -0.112. The number of ether oxygens (including phenoxy) is 3. The third-order valence-corrected chi connectivity index (χ3v) is 7.78. The van der Waals surface area contributed by atoms with Crippen LogP contribution >= 0.6 is 0 Å². The van der Waals surface area contributed by atoms with Gasteiger partial charge in [-0.3, -0.25) is 0 Å². The minimum Gasteiger partial charge on any atom is -0.394 e. The predicted octanol–water partition coefficient (Wildman–Crippen LogP) is 6.14. The van der Waals surface area contributed by atoms with Crippen LogP contribution in [0.5, 0.6) is 0 Å². The Bertz CT molecular complexity index is 471. The highest BCUT2D eigenvalue weighted by molar-refractivity contribution is 4.91. The fraction of sp³-hybridized carbons (Fsp3) is 1.00. The van der Waals surface area contributed by atoms with E-state index in [1.54, 1.807) is 0 Å². The molecule has 0 aromatic heterocycles. The van der Waals surface area contributed by atoms with Gasteiger partial charge in [-0.25, -0.2) is 0 Å². The summed E-state index contributed by atoms with van der Waals surface area (Å²) in [5.41, 5.74) is 0.283. The van der Waals surface area contributed by atoms with Crippen molar-refractivity contribution < 1.29 is 19.3 Å². The zero-order valence-corrected chi connectivity index (χ0v) is 20.9. The van der Waals surface area contributed by atoms with E-state index in [1.165, 1.54) is 38.5 Å². The van der Waals surface area contributed by atoms with Gasteiger partial charge in [-0.05, 0) is 110 Å². The quantitative estimate of drug-likeness (QED) is 0.431. The van der Waals surface area contributed by atoms with E-state index in [0.29, 0.717) is 17.6 Å². The van der Waals surface area contributed by atoms with Crippen LogP contribution in [-0.2, 0) is 14.2 Å². The average Bonchev–Trinajstić information content (AvgIpc) is 2.68. The molecule has 0 radical (unpaired) electrons. The van der Waals surface area contributed by atoms with Crippen molar-refractivity contribution in [1.82, 2.24) is 0 Å². The third-order valence-electron chi connectivity index (χ3n) is 7.78. The second kappa shape index (κ2) is 11.6. The molecular formula is C26H50O4. The number of hydrogen-bond donors (Lipinski definition) is 1. The van der Waals surface area contributed by atoms with Crippen molar-refractivity contribution in [3.05, 3.63) is 0 Å². The van der Waals surface area contributed by atoms with Gasteiger partial charge in [0.15, 0.2) is 0 Å². The van der Waals surface area contributed by atoms with Gasteiger partial charge < -0.3 is 19.3 Å². The zero-order chi connectivity index (χ0) is 22.4. The first-order valence-corrected chi connectivity index (χ1v) is 12.6. The molecule has 2 saturated carbocycles. The Morgan fingerprint density at radius 1 is 0.800 bits per heavy atom. The Hall–Kier alpha value is -0.160. The maximum Gasteiger partial charge on any atom is 0.0781 e. The Morgan fingerprint density at radius 3 is 1.77 bits per heavy atom. The lowest BCUT2D eigenvalue weighted by atomic mass is 9.60. The lowest BCUT2D eigenvalue weighted by Gasteiger charge is -2.47. The van der Waals surface area contributed by atoms with Gasteiger partial charge >= 0.3 is 0 Å². The van der Waals surface area contributed by atoms with Crippen LogP contribution in [-0.4, -0.2) is 48.3 Å². The van der Waals surface area contributed by atoms with Gasteiger partial charge in [-0.1, -0.05) is 13.8 Å². The van der Waals surface area contributed by atoms with Crippen LogP contribution < -0.4 is 0 Å². The molecule has 0 saturated heterocycles. The molecule has 30 heavy (non-hydrogen) atoms. The highest BCUT2D eigenvalue weighted by Gasteiger charge is 2.41. The molecule has 2 aliphatic carbocycles. The number of aliphatic hydroxyl groups excluding tert-OH is 1. The average molecular weight is 427 g/mol. The van der Waals surface area contributed by atoms with E-state index in [-0.39, 0.29) is 24.4 Å². The fourth-order valence-corrected chi connectivity index (χ4v) is 5.62. The van der Waals surface area contributed by atoms with Crippen LogP contribution in [0.25, 0.3) is 0 Å². The fourth-order valence-electron chi connectivity index (χ4n) is 5.62. The van der Waals surface area contributed by atoms with Crippen LogP contribution in [0.15, 0.2) is 0 Å². The van der Waals surface area contributed by atoms with Gasteiger partial charge in [-0.2, -0.15) is 0 Å². The van der Waals surface area contributed by atoms with E-state index < -0.39 is 0 Å². The normalized spacial score (nSPS) is 29.9. The molecule has 2 rings (SSSR count). The molecule has 1 N–H and O–H groups in total. The van der Waals surface area contributed by atoms with Gasteiger partial charge in [0.2, 0.25) is 0 Å². The zero-order valence-electron chi connectivity index (χ0n) is 20.9. The van der Waals surface area contributed by atoms with Crippen molar-refractivity contribution in [2.45, 2.75) is 136 Å². The molecule has 0 amide bonds. The summed E-state index contributed by atoms with van der Waals surface area (Å²) in [5.74, 6) is 1.58. The van der Waals surface area contributed by atoms with Crippen molar-refractivity contribution in [3.8, 4) is 0 Å². The Kier molecular flexibility index (Phi) is 10.1. The van der Waals surface area contributed by atoms with Crippen molar-refractivity contribution >= 4 is 0 Å². The Morgan fingerprint density at radius 2 is 1.30 bits per heavy atom. The summed E-state index contributed by atoms with van der Waals surface area (Å²) in [6.07, 6.45) is 11.7. The Labute approximate surface area is 186 Å². The molecule has 0 bridgehead atoms. The minimum absolute atomic E-state index is 0.0315. The number of aliphatic hydroxyl groups is 1. The van der Waals surface area contributed by atoms with Gasteiger partial charge in [-0.15, -0.1) is 0 Å². The first-order valence-electron chi connectivity index (χ1n) is 12.6. The highest BCUT2D eigenvalue weighted by Crippen LogP contribution is 2.49.